The highest BCUT2D eigenvalue weighted by Gasteiger charge is 2.25. The molecule has 7 heteroatoms. The third kappa shape index (κ3) is 3.31. The predicted octanol–water partition coefficient (Wildman–Crippen LogP) is 4.92. The molecule has 2 aromatic carbocycles. The van der Waals surface area contributed by atoms with Gasteiger partial charge in [-0.15, -0.1) is 16.1 Å². The van der Waals surface area contributed by atoms with Crippen molar-refractivity contribution in [2.24, 2.45) is 0 Å². The SMILES string of the molecule is CCN(CC)C(=O)N(Cc1ccccc1)c1cccc2c1c1ccsc1c(=O)n2O. The Hall–Kier alpha value is -3.32. The third-order valence-electron chi connectivity index (χ3n) is 5.31. The van der Waals surface area contributed by atoms with Gasteiger partial charge in [-0.05, 0) is 43.0 Å². The summed E-state index contributed by atoms with van der Waals surface area (Å²) in [6.07, 6.45) is 0. The van der Waals surface area contributed by atoms with Gasteiger partial charge in [0.15, 0.2) is 0 Å². The first-order valence-electron chi connectivity index (χ1n) is 9.91. The Labute approximate surface area is 178 Å². The van der Waals surface area contributed by atoms with Gasteiger partial charge < -0.3 is 10.1 Å². The molecule has 4 rings (SSSR count). The number of hydrogen-bond donors (Lipinski definition) is 1. The van der Waals surface area contributed by atoms with Crippen LogP contribution in [0.4, 0.5) is 10.5 Å². The lowest BCUT2D eigenvalue weighted by Crippen LogP contribution is -2.43. The summed E-state index contributed by atoms with van der Waals surface area (Å²) in [5, 5.41) is 13.8. The number of urea groups is 1. The van der Waals surface area contributed by atoms with Crippen LogP contribution in [0.1, 0.15) is 19.4 Å². The molecule has 2 amide bonds. The number of carbonyl (C=O) groups is 1. The normalized spacial score (nSPS) is 11.1. The Kier molecular flexibility index (Phi) is 5.46. The van der Waals surface area contributed by atoms with E-state index in [1.54, 1.807) is 21.9 Å². The van der Waals surface area contributed by atoms with Crippen molar-refractivity contribution in [3.63, 3.8) is 0 Å². The molecule has 1 N–H and O–H groups in total. The Morgan fingerprint density at radius 1 is 1.03 bits per heavy atom. The van der Waals surface area contributed by atoms with E-state index in [9.17, 15) is 14.8 Å². The number of carbonyl (C=O) groups excluding carboxylic acids is 1. The quantitative estimate of drug-likeness (QED) is 0.465. The zero-order chi connectivity index (χ0) is 21.3. The monoisotopic (exact) mass is 421 g/mol. The lowest BCUT2D eigenvalue weighted by molar-refractivity contribution is 0.190. The van der Waals surface area contributed by atoms with Gasteiger partial charge in [-0.3, -0.25) is 9.69 Å². The molecule has 0 bridgehead atoms. The first kappa shape index (κ1) is 20.0. The minimum absolute atomic E-state index is 0.115. The molecule has 0 aliphatic carbocycles. The number of amides is 2. The van der Waals surface area contributed by atoms with E-state index in [1.807, 2.05) is 61.7 Å². The molecule has 0 fully saturated rings. The summed E-state index contributed by atoms with van der Waals surface area (Å²) >= 11 is 1.28. The van der Waals surface area contributed by atoms with Gasteiger partial charge in [0.1, 0.15) is 4.70 Å². The summed E-state index contributed by atoms with van der Waals surface area (Å²) in [5.41, 5.74) is 1.59. The van der Waals surface area contributed by atoms with E-state index in [1.165, 1.54) is 11.3 Å². The highest BCUT2D eigenvalue weighted by atomic mass is 32.1. The van der Waals surface area contributed by atoms with Crippen molar-refractivity contribution in [3.05, 3.63) is 75.9 Å². The van der Waals surface area contributed by atoms with Gasteiger partial charge in [0.05, 0.1) is 17.7 Å². The fraction of sp³-hybridized carbons (Fsp3) is 0.217. The van der Waals surface area contributed by atoms with Crippen LogP contribution < -0.4 is 10.5 Å². The fourth-order valence-corrected chi connectivity index (χ4v) is 4.59. The highest BCUT2D eigenvalue weighted by Crippen LogP contribution is 2.35. The van der Waals surface area contributed by atoms with Crippen LogP contribution in [0.5, 0.6) is 0 Å². The van der Waals surface area contributed by atoms with Crippen LogP contribution in [0, 0.1) is 0 Å². The van der Waals surface area contributed by atoms with Crippen LogP contribution in [0.15, 0.2) is 64.8 Å². The van der Waals surface area contributed by atoms with Crippen molar-refractivity contribution in [3.8, 4) is 0 Å². The van der Waals surface area contributed by atoms with Gasteiger partial charge in [0, 0.05) is 23.9 Å². The molecule has 0 unspecified atom stereocenters. The van der Waals surface area contributed by atoms with Crippen LogP contribution >= 0.6 is 11.3 Å². The second-order valence-electron chi connectivity index (χ2n) is 6.98. The lowest BCUT2D eigenvalue weighted by Gasteiger charge is -2.30. The minimum Gasteiger partial charge on any atom is -0.425 e. The van der Waals surface area contributed by atoms with Crippen molar-refractivity contribution in [1.82, 2.24) is 9.63 Å². The second kappa shape index (κ2) is 8.20. The molecule has 0 aliphatic heterocycles. The van der Waals surface area contributed by atoms with Gasteiger partial charge in [0.2, 0.25) is 0 Å². The average Bonchev–Trinajstić information content (AvgIpc) is 3.27. The van der Waals surface area contributed by atoms with Gasteiger partial charge in [-0.2, -0.15) is 0 Å². The maximum Gasteiger partial charge on any atom is 0.324 e. The van der Waals surface area contributed by atoms with Crippen LogP contribution in [-0.2, 0) is 6.54 Å². The number of thiophene rings is 1. The Morgan fingerprint density at radius 2 is 1.77 bits per heavy atom. The number of rotatable bonds is 5. The van der Waals surface area contributed by atoms with Gasteiger partial charge in [-0.25, -0.2) is 4.79 Å². The van der Waals surface area contributed by atoms with Crippen LogP contribution in [0.25, 0.3) is 21.0 Å². The molecule has 2 aromatic heterocycles. The molecule has 0 spiro atoms. The van der Waals surface area contributed by atoms with Crippen molar-refractivity contribution >= 4 is 44.0 Å². The lowest BCUT2D eigenvalue weighted by atomic mass is 10.1. The van der Waals surface area contributed by atoms with Crippen molar-refractivity contribution in [1.29, 1.82) is 0 Å². The maximum atomic E-state index is 13.5. The van der Waals surface area contributed by atoms with Crippen molar-refractivity contribution in [2.75, 3.05) is 18.0 Å². The van der Waals surface area contributed by atoms with E-state index in [4.69, 9.17) is 0 Å². The van der Waals surface area contributed by atoms with Crippen molar-refractivity contribution in [2.45, 2.75) is 20.4 Å². The molecule has 2 heterocycles. The number of benzene rings is 2. The van der Waals surface area contributed by atoms with E-state index in [0.29, 0.717) is 45.7 Å². The summed E-state index contributed by atoms with van der Waals surface area (Å²) < 4.78 is 1.15. The summed E-state index contributed by atoms with van der Waals surface area (Å²) in [6.45, 7) is 5.46. The number of fused-ring (bicyclic) bond motifs is 3. The summed E-state index contributed by atoms with van der Waals surface area (Å²) in [5.74, 6) is 0. The maximum absolute atomic E-state index is 13.5. The molecule has 4 aromatic rings. The second-order valence-corrected chi connectivity index (χ2v) is 7.89. The molecule has 154 valence electrons. The number of hydrogen-bond acceptors (Lipinski definition) is 4. The Bertz CT molecular complexity index is 1260. The molecule has 6 nitrogen and oxygen atoms in total. The molecule has 0 saturated heterocycles. The van der Waals surface area contributed by atoms with Gasteiger partial charge in [-0.1, -0.05) is 36.4 Å². The predicted molar refractivity (Wildman–Crippen MR) is 122 cm³/mol. The largest absolute Gasteiger partial charge is 0.425 e. The number of pyridine rings is 1. The minimum atomic E-state index is -0.450. The standard InChI is InChI=1S/C23H23N3O3S/c1-3-24(4-2)23(28)25(15-16-9-6-5-7-10-16)18-11-8-12-19-20(18)17-13-14-30-21(17)22(27)26(19)29/h5-14,29H,3-4,15H2,1-2H3. The first-order valence-corrected chi connectivity index (χ1v) is 10.8. The van der Waals surface area contributed by atoms with Gasteiger partial charge in [0.25, 0.3) is 0 Å². The molecule has 0 radical (unpaired) electrons. The zero-order valence-electron chi connectivity index (χ0n) is 16.9. The summed E-state index contributed by atoms with van der Waals surface area (Å²) in [7, 11) is 0. The molecule has 0 saturated carbocycles. The first-order chi connectivity index (χ1) is 14.6. The topological polar surface area (TPSA) is 65.8 Å². The van der Waals surface area contributed by atoms with E-state index in [0.717, 1.165) is 10.9 Å². The number of aromatic nitrogens is 1. The Balaban J connectivity index is 1.99. The van der Waals surface area contributed by atoms with E-state index in [-0.39, 0.29) is 6.03 Å². The number of nitrogens with zero attached hydrogens (tertiary/aromatic N) is 3. The van der Waals surface area contributed by atoms with E-state index < -0.39 is 5.56 Å². The Morgan fingerprint density at radius 3 is 2.47 bits per heavy atom. The zero-order valence-corrected chi connectivity index (χ0v) is 17.7. The molecule has 30 heavy (non-hydrogen) atoms. The molecular formula is C23H23N3O3S. The average molecular weight is 422 g/mol. The highest BCUT2D eigenvalue weighted by molar-refractivity contribution is 7.17. The molecule has 0 aliphatic rings. The van der Waals surface area contributed by atoms with E-state index in [2.05, 4.69) is 0 Å². The summed E-state index contributed by atoms with van der Waals surface area (Å²) in [4.78, 5) is 29.5. The summed E-state index contributed by atoms with van der Waals surface area (Å²) in [6, 6.07) is 16.9. The van der Waals surface area contributed by atoms with Crippen LogP contribution in [-0.4, -0.2) is 34.0 Å². The third-order valence-corrected chi connectivity index (χ3v) is 6.21. The molecular weight excluding hydrogens is 398 g/mol. The van der Waals surface area contributed by atoms with Gasteiger partial charge >= 0.3 is 11.6 Å². The smallest absolute Gasteiger partial charge is 0.324 e. The molecule has 0 atom stereocenters. The number of anilines is 1. The van der Waals surface area contributed by atoms with Crippen LogP contribution in [0.2, 0.25) is 0 Å². The fourth-order valence-electron chi connectivity index (χ4n) is 3.77. The van der Waals surface area contributed by atoms with Crippen LogP contribution in [0.3, 0.4) is 0 Å². The van der Waals surface area contributed by atoms with Crippen molar-refractivity contribution < 1.29 is 10.0 Å². The van der Waals surface area contributed by atoms with E-state index >= 15 is 0 Å².